The van der Waals surface area contributed by atoms with E-state index in [2.05, 4.69) is 4.98 Å². The predicted octanol–water partition coefficient (Wildman–Crippen LogP) is 2.98. The van der Waals surface area contributed by atoms with Crippen LogP contribution in [0.1, 0.15) is 27.0 Å². The number of halogens is 1. The lowest BCUT2D eigenvalue weighted by molar-refractivity contribution is 0.214. The van der Waals surface area contributed by atoms with Gasteiger partial charge in [-0.15, -0.1) is 11.3 Å². The first-order valence-electron chi connectivity index (χ1n) is 4.94. The normalized spacial score (nSPS) is 12.8. The van der Waals surface area contributed by atoms with Gasteiger partial charge in [0.05, 0.1) is 6.20 Å². The van der Waals surface area contributed by atoms with Gasteiger partial charge in [-0.05, 0) is 31.5 Å². The summed E-state index contributed by atoms with van der Waals surface area (Å²) in [6.45, 7) is 3.89. The van der Waals surface area contributed by atoms with Crippen molar-refractivity contribution in [1.29, 1.82) is 0 Å². The molecule has 4 heteroatoms. The van der Waals surface area contributed by atoms with Gasteiger partial charge >= 0.3 is 0 Å². The van der Waals surface area contributed by atoms with E-state index in [0.717, 1.165) is 21.5 Å². The zero-order valence-corrected chi connectivity index (χ0v) is 9.88. The van der Waals surface area contributed by atoms with Gasteiger partial charge < -0.3 is 5.11 Å². The fourth-order valence-corrected chi connectivity index (χ4v) is 2.65. The first-order chi connectivity index (χ1) is 7.59. The van der Waals surface area contributed by atoms with Crippen LogP contribution in [0.25, 0.3) is 0 Å². The summed E-state index contributed by atoms with van der Waals surface area (Å²) in [5, 5.41) is 10.1. The second kappa shape index (κ2) is 4.31. The van der Waals surface area contributed by atoms with E-state index in [1.165, 1.54) is 12.3 Å². The summed E-state index contributed by atoms with van der Waals surface area (Å²) in [5.74, 6) is -0.474. The highest BCUT2D eigenvalue weighted by Gasteiger charge is 2.18. The van der Waals surface area contributed by atoms with E-state index < -0.39 is 11.9 Å². The molecule has 0 aliphatic rings. The molecule has 1 N–H and O–H groups in total. The summed E-state index contributed by atoms with van der Waals surface area (Å²) in [5.41, 5.74) is 1.04. The Balaban J connectivity index is 2.43. The molecule has 0 bridgehead atoms. The Morgan fingerprint density at radius 3 is 2.69 bits per heavy atom. The van der Waals surface area contributed by atoms with Gasteiger partial charge in [0.1, 0.15) is 11.9 Å². The number of hydrogen-bond acceptors (Lipinski definition) is 3. The van der Waals surface area contributed by atoms with Gasteiger partial charge in [0.15, 0.2) is 0 Å². The Morgan fingerprint density at radius 2 is 2.12 bits per heavy atom. The Labute approximate surface area is 97.4 Å². The maximum Gasteiger partial charge on any atom is 0.147 e. The molecule has 2 rings (SSSR count). The van der Waals surface area contributed by atoms with Crippen LogP contribution in [0.5, 0.6) is 0 Å². The van der Waals surface area contributed by atoms with Crippen LogP contribution >= 0.6 is 11.3 Å². The largest absolute Gasteiger partial charge is 0.384 e. The third-order valence-electron chi connectivity index (χ3n) is 2.47. The predicted molar refractivity (Wildman–Crippen MR) is 62.0 cm³/mol. The van der Waals surface area contributed by atoms with Crippen LogP contribution in [0.3, 0.4) is 0 Å². The number of aliphatic hydroxyl groups excluding tert-OH is 1. The van der Waals surface area contributed by atoms with Crippen LogP contribution < -0.4 is 0 Å². The van der Waals surface area contributed by atoms with Gasteiger partial charge in [0.25, 0.3) is 0 Å². The molecule has 0 aliphatic carbocycles. The highest BCUT2D eigenvalue weighted by Crippen LogP contribution is 2.31. The average molecular weight is 237 g/mol. The summed E-state index contributed by atoms with van der Waals surface area (Å²) in [6.07, 6.45) is 1.69. The molecule has 16 heavy (non-hydrogen) atoms. The fourth-order valence-electron chi connectivity index (χ4n) is 1.70. The van der Waals surface area contributed by atoms with E-state index >= 15 is 0 Å². The summed E-state index contributed by atoms with van der Waals surface area (Å²) < 4.78 is 13.4. The molecule has 0 saturated heterocycles. The second-order valence-electron chi connectivity index (χ2n) is 3.67. The third kappa shape index (κ3) is 1.99. The number of aliphatic hydroxyl groups is 1. The highest BCUT2D eigenvalue weighted by molar-refractivity contribution is 7.12. The molecular formula is C12H12FNOS. The van der Waals surface area contributed by atoms with E-state index in [1.54, 1.807) is 11.3 Å². The van der Waals surface area contributed by atoms with Gasteiger partial charge in [0, 0.05) is 21.5 Å². The smallest absolute Gasteiger partial charge is 0.147 e. The van der Waals surface area contributed by atoms with Crippen molar-refractivity contribution in [3.63, 3.8) is 0 Å². The summed E-state index contributed by atoms with van der Waals surface area (Å²) in [4.78, 5) is 5.79. The van der Waals surface area contributed by atoms with Crippen LogP contribution in [-0.2, 0) is 0 Å². The zero-order chi connectivity index (χ0) is 11.7. The maximum absolute atomic E-state index is 13.4. The average Bonchev–Trinajstić information content (AvgIpc) is 2.58. The molecule has 0 aliphatic heterocycles. The molecule has 2 nitrogen and oxygen atoms in total. The van der Waals surface area contributed by atoms with Crippen molar-refractivity contribution >= 4 is 11.3 Å². The number of thiophene rings is 1. The van der Waals surface area contributed by atoms with Crippen molar-refractivity contribution < 1.29 is 9.50 Å². The number of pyridine rings is 1. The van der Waals surface area contributed by atoms with Crippen molar-refractivity contribution in [2.45, 2.75) is 20.0 Å². The van der Waals surface area contributed by atoms with Crippen molar-refractivity contribution in [1.82, 2.24) is 4.98 Å². The van der Waals surface area contributed by atoms with E-state index in [0.29, 0.717) is 0 Å². The third-order valence-corrected chi connectivity index (χ3v) is 3.45. The minimum Gasteiger partial charge on any atom is -0.384 e. The molecule has 2 aromatic heterocycles. The molecule has 2 heterocycles. The minimum absolute atomic E-state index is 0.274. The van der Waals surface area contributed by atoms with E-state index in [1.807, 2.05) is 19.9 Å². The van der Waals surface area contributed by atoms with Crippen LogP contribution in [-0.4, -0.2) is 10.1 Å². The Morgan fingerprint density at radius 1 is 1.38 bits per heavy atom. The van der Waals surface area contributed by atoms with Crippen LogP contribution in [0.15, 0.2) is 24.5 Å². The molecule has 84 valence electrons. The quantitative estimate of drug-likeness (QED) is 0.871. The number of rotatable bonds is 2. The first-order valence-corrected chi connectivity index (χ1v) is 5.75. The Hall–Kier alpha value is -1.26. The van der Waals surface area contributed by atoms with Crippen molar-refractivity contribution in [3.05, 3.63) is 51.2 Å². The van der Waals surface area contributed by atoms with Crippen molar-refractivity contribution in [2.24, 2.45) is 0 Å². The van der Waals surface area contributed by atoms with Gasteiger partial charge in [-0.2, -0.15) is 0 Å². The molecular weight excluding hydrogens is 225 g/mol. The van der Waals surface area contributed by atoms with Crippen molar-refractivity contribution in [3.8, 4) is 0 Å². The number of nitrogens with zero attached hydrogens (tertiary/aromatic N) is 1. The molecule has 0 spiro atoms. The summed E-state index contributed by atoms with van der Waals surface area (Å²) in [6, 6.07) is 3.40. The van der Waals surface area contributed by atoms with E-state index in [9.17, 15) is 9.50 Å². The maximum atomic E-state index is 13.4. The topological polar surface area (TPSA) is 33.1 Å². The molecule has 0 aromatic carbocycles. The lowest BCUT2D eigenvalue weighted by Gasteiger charge is -2.11. The van der Waals surface area contributed by atoms with Gasteiger partial charge in [0.2, 0.25) is 0 Å². The highest BCUT2D eigenvalue weighted by atomic mass is 32.1. The second-order valence-corrected chi connectivity index (χ2v) is 5.13. The number of aromatic nitrogens is 1. The zero-order valence-electron chi connectivity index (χ0n) is 9.07. The number of aryl methyl sites for hydroxylation is 2. The Kier molecular flexibility index (Phi) is 3.03. The van der Waals surface area contributed by atoms with Gasteiger partial charge in [-0.3, -0.25) is 4.98 Å². The van der Waals surface area contributed by atoms with E-state index in [4.69, 9.17) is 0 Å². The molecule has 0 radical (unpaired) electrons. The minimum atomic E-state index is -0.909. The van der Waals surface area contributed by atoms with Crippen LogP contribution in [0.2, 0.25) is 0 Å². The standard InChI is InChI=1S/C12H12FNOS/c1-7-5-10(8(2)16-7)12(15)9-3-4-14-6-11(9)13/h3-6,12,15H,1-2H3. The molecule has 2 aromatic rings. The van der Waals surface area contributed by atoms with Crippen molar-refractivity contribution in [2.75, 3.05) is 0 Å². The fraction of sp³-hybridized carbons (Fsp3) is 0.250. The van der Waals surface area contributed by atoms with E-state index in [-0.39, 0.29) is 5.56 Å². The van der Waals surface area contributed by atoms with Crippen LogP contribution in [0, 0.1) is 19.7 Å². The number of hydrogen-bond donors (Lipinski definition) is 1. The Bertz CT molecular complexity index is 509. The van der Waals surface area contributed by atoms with Gasteiger partial charge in [-0.25, -0.2) is 4.39 Å². The first kappa shape index (κ1) is 11.2. The molecule has 1 unspecified atom stereocenters. The lowest BCUT2D eigenvalue weighted by atomic mass is 10.0. The molecule has 0 amide bonds. The molecule has 0 saturated carbocycles. The molecule has 1 atom stereocenters. The molecule has 0 fully saturated rings. The summed E-state index contributed by atoms with van der Waals surface area (Å²) >= 11 is 1.60. The summed E-state index contributed by atoms with van der Waals surface area (Å²) in [7, 11) is 0. The van der Waals surface area contributed by atoms with Gasteiger partial charge in [-0.1, -0.05) is 0 Å². The SMILES string of the molecule is Cc1cc(C(O)c2ccncc2F)c(C)s1. The van der Waals surface area contributed by atoms with Crippen LogP contribution in [0.4, 0.5) is 4.39 Å². The monoisotopic (exact) mass is 237 g/mol. The lowest BCUT2D eigenvalue weighted by Crippen LogP contribution is -2.02.